The van der Waals surface area contributed by atoms with E-state index in [0.717, 1.165) is 31.1 Å². The summed E-state index contributed by atoms with van der Waals surface area (Å²) in [5, 5.41) is 6.57. The van der Waals surface area contributed by atoms with Crippen molar-refractivity contribution >= 4 is 29.1 Å². The monoisotopic (exact) mass is 401 g/mol. The van der Waals surface area contributed by atoms with Crippen LogP contribution in [0.3, 0.4) is 0 Å². The van der Waals surface area contributed by atoms with Crippen LogP contribution in [0.5, 0.6) is 11.6 Å². The van der Waals surface area contributed by atoms with Crippen molar-refractivity contribution in [1.29, 1.82) is 0 Å². The molecule has 0 radical (unpaired) electrons. The van der Waals surface area contributed by atoms with Crippen molar-refractivity contribution < 1.29 is 9.47 Å². The lowest BCUT2D eigenvalue weighted by Gasteiger charge is -2.32. The largest absolute Gasteiger partial charge is 0.439 e. The highest BCUT2D eigenvalue weighted by atomic mass is 32.1. The Balaban J connectivity index is 1.79. The predicted molar refractivity (Wildman–Crippen MR) is 115 cm³/mol. The summed E-state index contributed by atoms with van der Waals surface area (Å²) in [6.45, 7) is 5.39. The average Bonchev–Trinajstić information content (AvgIpc) is 2.69. The Morgan fingerprint density at radius 2 is 2.11 bits per heavy atom. The zero-order chi connectivity index (χ0) is 19.8. The number of para-hydroxylation sites is 1. The Bertz CT molecular complexity index is 774. The Hall–Kier alpha value is -2.45. The molecule has 0 bridgehead atoms. The maximum atomic E-state index is 5.96. The molecule has 1 saturated heterocycles. The van der Waals surface area contributed by atoms with Crippen molar-refractivity contribution in [2.75, 3.05) is 43.6 Å². The second-order valence-electron chi connectivity index (χ2n) is 6.87. The van der Waals surface area contributed by atoms with Crippen LogP contribution in [0.4, 0.5) is 11.8 Å². The van der Waals surface area contributed by atoms with Crippen molar-refractivity contribution in [3.63, 3.8) is 0 Å². The van der Waals surface area contributed by atoms with Crippen molar-refractivity contribution in [3.8, 4) is 11.6 Å². The van der Waals surface area contributed by atoms with Gasteiger partial charge in [-0.2, -0.15) is 9.97 Å². The maximum absolute atomic E-state index is 5.96. The van der Waals surface area contributed by atoms with Gasteiger partial charge in [0.15, 0.2) is 5.11 Å². The zero-order valence-corrected chi connectivity index (χ0v) is 17.2. The summed E-state index contributed by atoms with van der Waals surface area (Å²) in [4.78, 5) is 11.4. The van der Waals surface area contributed by atoms with Crippen LogP contribution in [0.2, 0.25) is 0 Å². The molecule has 8 heteroatoms. The van der Waals surface area contributed by atoms with Crippen LogP contribution in [0.15, 0.2) is 36.4 Å². The van der Waals surface area contributed by atoms with Gasteiger partial charge in [-0.3, -0.25) is 0 Å². The van der Waals surface area contributed by atoms with Gasteiger partial charge in [-0.1, -0.05) is 25.1 Å². The molecule has 1 aliphatic rings. The van der Waals surface area contributed by atoms with E-state index in [1.807, 2.05) is 36.4 Å². The summed E-state index contributed by atoms with van der Waals surface area (Å²) in [6, 6.07) is 11.5. The summed E-state index contributed by atoms with van der Waals surface area (Å²) in [6.07, 6.45) is 2.40. The maximum Gasteiger partial charge on any atom is 0.234 e. The molecule has 1 fully saturated rings. The average molecular weight is 402 g/mol. The van der Waals surface area contributed by atoms with Crippen LogP contribution in [0.25, 0.3) is 0 Å². The van der Waals surface area contributed by atoms with Gasteiger partial charge in [0.05, 0.1) is 6.61 Å². The third-order valence-electron chi connectivity index (χ3n) is 4.45. The van der Waals surface area contributed by atoms with Crippen LogP contribution in [0.1, 0.15) is 19.8 Å². The molecule has 28 heavy (non-hydrogen) atoms. The van der Waals surface area contributed by atoms with Crippen LogP contribution in [0, 0.1) is 5.92 Å². The van der Waals surface area contributed by atoms with E-state index >= 15 is 0 Å². The first-order valence-electron chi connectivity index (χ1n) is 9.55. The SMILES string of the molecule is COCCNC(=S)Nc1nc(Oc2ccccc2)cc(N2CCCC(C)C2)n1. The summed E-state index contributed by atoms with van der Waals surface area (Å²) in [5.41, 5.74) is 0. The minimum Gasteiger partial charge on any atom is -0.439 e. The molecule has 150 valence electrons. The molecule has 0 aliphatic carbocycles. The standard InChI is InChI=1S/C20H27N5O2S/c1-15-7-6-11-25(14-15)17-13-18(27-16-8-4-3-5-9-16)23-19(22-17)24-20(28)21-10-12-26-2/h3-5,8-9,13,15H,6-7,10-12,14H2,1-2H3,(H2,21,22,23,24,28). The van der Waals surface area contributed by atoms with Gasteiger partial charge in [0.1, 0.15) is 11.6 Å². The van der Waals surface area contributed by atoms with E-state index in [-0.39, 0.29) is 0 Å². The molecule has 0 spiro atoms. The summed E-state index contributed by atoms with van der Waals surface area (Å²) in [5.74, 6) is 3.10. The number of hydrogen-bond donors (Lipinski definition) is 2. The number of ether oxygens (including phenoxy) is 2. The number of nitrogens with one attached hydrogen (secondary N) is 2. The minimum atomic E-state index is 0.413. The van der Waals surface area contributed by atoms with Crippen LogP contribution >= 0.6 is 12.2 Å². The molecule has 1 unspecified atom stereocenters. The molecule has 2 aromatic rings. The molecule has 1 aromatic heterocycles. The van der Waals surface area contributed by atoms with Crippen molar-refractivity contribution in [1.82, 2.24) is 15.3 Å². The molecule has 2 heterocycles. The van der Waals surface area contributed by atoms with Gasteiger partial charge in [0.25, 0.3) is 0 Å². The molecular formula is C20H27N5O2S. The van der Waals surface area contributed by atoms with Gasteiger partial charge in [0, 0.05) is 32.8 Å². The van der Waals surface area contributed by atoms with Gasteiger partial charge < -0.3 is 25.0 Å². The molecule has 0 amide bonds. The molecule has 3 rings (SSSR count). The zero-order valence-electron chi connectivity index (χ0n) is 16.4. The lowest BCUT2D eigenvalue weighted by molar-refractivity contribution is 0.204. The lowest BCUT2D eigenvalue weighted by atomic mass is 10.0. The molecule has 1 aromatic carbocycles. The predicted octanol–water partition coefficient (Wildman–Crippen LogP) is 3.44. The smallest absolute Gasteiger partial charge is 0.234 e. The van der Waals surface area contributed by atoms with E-state index in [2.05, 4.69) is 32.4 Å². The van der Waals surface area contributed by atoms with Gasteiger partial charge in [-0.05, 0) is 43.1 Å². The van der Waals surface area contributed by atoms with E-state index in [9.17, 15) is 0 Å². The first-order chi connectivity index (χ1) is 13.6. The molecule has 1 aliphatic heterocycles. The number of aromatic nitrogens is 2. The molecular weight excluding hydrogens is 374 g/mol. The highest BCUT2D eigenvalue weighted by Crippen LogP contribution is 2.27. The second-order valence-corrected chi connectivity index (χ2v) is 7.28. The number of nitrogens with zero attached hydrogens (tertiary/aromatic N) is 3. The van der Waals surface area contributed by atoms with Crippen LogP contribution in [-0.4, -0.2) is 48.4 Å². The number of thiocarbonyl (C=S) groups is 1. The van der Waals surface area contributed by atoms with E-state index in [4.69, 9.17) is 21.7 Å². The number of benzene rings is 1. The Kier molecular flexibility index (Phi) is 7.39. The number of hydrogen-bond acceptors (Lipinski definition) is 6. The van der Waals surface area contributed by atoms with Crippen LogP contribution in [-0.2, 0) is 4.74 Å². The third-order valence-corrected chi connectivity index (χ3v) is 4.70. The summed E-state index contributed by atoms with van der Waals surface area (Å²) in [7, 11) is 1.65. The van der Waals surface area contributed by atoms with Crippen molar-refractivity contribution in [2.45, 2.75) is 19.8 Å². The molecule has 1 atom stereocenters. The number of anilines is 2. The fourth-order valence-corrected chi connectivity index (χ4v) is 3.30. The fourth-order valence-electron chi connectivity index (χ4n) is 3.10. The minimum absolute atomic E-state index is 0.413. The van der Waals surface area contributed by atoms with Crippen molar-refractivity contribution in [2.24, 2.45) is 5.92 Å². The normalized spacial score (nSPS) is 16.5. The first kappa shape index (κ1) is 20.3. The van der Waals surface area contributed by atoms with E-state index < -0.39 is 0 Å². The topological polar surface area (TPSA) is 71.5 Å². The molecule has 7 nitrogen and oxygen atoms in total. The highest BCUT2D eigenvalue weighted by molar-refractivity contribution is 7.80. The van der Waals surface area contributed by atoms with E-state index in [1.165, 1.54) is 6.42 Å². The quantitative estimate of drug-likeness (QED) is 0.540. The van der Waals surface area contributed by atoms with Gasteiger partial charge in [-0.25, -0.2) is 0 Å². The number of piperidine rings is 1. The summed E-state index contributed by atoms with van der Waals surface area (Å²) >= 11 is 5.33. The van der Waals surface area contributed by atoms with E-state index in [0.29, 0.717) is 36.0 Å². The molecule has 2 N–H and O–H groups in total. The Morgan fingerprint density at radius 1 is 1.29 bits per heavy atom. The second kappa shape index (κ2) is 10.2. The van der Waals surface area contributed by atoms with Crippen LogP contribution < -0.4 is 20.3 Å². The van der Waals surface area contributed by atoms with Gasteiger partial charge >= 0.3 is 0 Å². The van der Waals surface area contributed by atoms with Gasteiger partial charge in [-0.15, -0.1) is 0 Å². The highest BCUT2D eigenvalue weighted by Gasteiger charge is 2.20. The third kappa shape index (κ3) is 6.03. The fraction of sp³-hybridized carbons (Fsp3) is 0.450. The summed E-state index contributed by atoms with van der Waals surface area (Å²) < 4.78 is 11.0. The number of rotatable bonds is 7. The van der Waals surface area contributed by atoms with Gasteiger partial charge in [0.2, 0.25) is 11.8 Å². The molecule has 0 saturated carbocycles. The van der Waals surface area contributed by atoms with E-state index in [1.54, 1.807) is 7.11 Å². The first-order valence-corrected chi connectivity index (χ1v) is 9.95. The Morgan fingerprint density at radius 3 is 2.86 bits per heavy atom. The lowest BCUT2D eigenvalue weighted by Crippen LogP contribution is -2.35. The number of methoxy groups -OCH3 is 1. The van der Waals surface area contributed by atoms with Crippen molar-refractivity contribution in [3.05, 3.63) is 36.4 Å². The Labute approximate surface area is 171 Å².